The van der Waals surface area contributed by atoms with Gasteiger partial charge in [-0.2, -0.15) is 0 Å². The van der Waals surface area contributed by atoms with Crippen LogP contribution in [-0.4, -0.2) is 35.7 Å². The van der Waals surface area contributed by atoms with E-state index < -0.39 is 0 Å². The van der Waals surface area contributed by atoms with Crippen molar-refractivity contribution in [1.82, 2.24) is 10.2 Å². The largest absolute Gasteiger partial charge is 0.356 e. The minimum absolute atomic E-state index is 0.0966. The molecule has 0 aromatic rings. The fourth-order valence-electron chi connectivity index (χ4n) is 2.80. The normalized spacial score (nSPS) is 22.7. The van der Waals surface area contributed by atoms with Crippen LogP contribution in [0.3, 0.4) is 0 Å². The number of carbonyl (C=O) groups is 3. The summed E-state index contributed by atoms with van der Waals surface area (Å²) < 4.78 is 0. The van der Waals surface area contributed by atoms with Gasteiger partial charge in [-0.25, -0.2) is 0 Å². The first-order valence-electron chi connectivity index (χ1n) is 8.93. The molecule has 0 aromatic carbocycles. The number of nitrogens with one attached hydrogen (secondary N) is 1. The third-order valence-corrected chi connectivity index (χ3v) is 3.91. The molecule has 1 aliphatic carbocycles. The summed E-state index contributed by atoms with van der Waals surface area (Å²) in [4.78, 5) is 36.0. The highest BCUT2D eigenvalue weighted by atomic mass is 16.2. The fraction of sp³-hybridized carbons (Fsp3) is 0.722. The molecule has 5 heteroatoms. The zero-order chi connectivity index (χ0) is 17.8. The molecule has 0 atom stereocenters. The van der Waals surface area contributed by atoms with Gasteiger partial charge in [0.05, 0.1) is 0 Å². The Balaban J connectivity index is 0.00000112. The molecule has 0 aromatic heterocycles. The summed E-state index contributed by atoms with van der Waals surface area (Å²) in [6, 6.07) is 0. The van der Waals surface area contributed by atoms with E-state index >= 15 is 0 Å². The predicted octanol–water partition coefficient (Wildman–Crippen LogP) is 2.91. The fourth-order valence-corrected chi connectivity index (χ4v) is 2.80. The van der Waals surface area contributed by atoms with Gasteiger partial charge in [0.25, 0.3) is 11.8 Å². The molecule has 1 aliphatic heterocycles. The first kappa shape index (κ1) is 21.4. The number of hydrogen-bond donors (Lipinski definition) is 1. The highest BCUT2D eigenvalue weighted by Crippen LogP contribution is 2.30. The Morgan fingerprint density at radius 2 is 1.52 bits per heavy atom. The Kier molecular flexibility index (Phi) is 11.0. The highest BCUT2D eigenvalue weighted by Gasteiger charge is 2.30. The van der Waals surface area contributed by atoms with Crippen LogP contribution in [0.2, 0.25) is 0 Å². The summed E-state index contributed by atoms with van der Waals surface area (Å²) in [5.74, 6) is 0.139. The molecule has 0 spiro atoms. The number of rotatable bonds is 4. The second kappa shape index (κ2) is 11.9. The molecule has 132 valence electrons. The van der Waals surface area contributed by atoms with Crippen molar-refractivity contribution >= 4 is 17.7 Å². The lowest BCUT2D eigenvalue weighted by Crippen LogP contribution is -2.38. The zero-order valence-corrected chi connectivity index (χ0v) is 15.2. The van der Waals surface area contributed by atoms with Crippen LogP contribution in [0, 0.1) is 11.8 Å². The van der Waals surface area contributed by atoms with E-state index in [4.69, 9.17) is 0 Å². The van der Waals surface area contributed by atoms with Gasteiger partial charge < -0.3 is 5.32 Å². The molecule has 2 aliphatic rings. The van der Waals surface area contributed by atoms with E-state index in [1.165, 1.54) is 17.1 Å². The molecular weight excluding hydrogens is 292 g/mol. The van der Waals surface area contributed by atoms with Gasteiger partial charge in [-0.1, -0.05) is 27.7 Å². The van der Waals surface area contributed by atoms with Crippen molar-refractivity contribution in [1.29, 1.82) is 0 Å². The molecule has 0 radical (unpaired) electrons. The zero-order valence-electron chi connectivity index (χ0n) is 15.2. The lowest BCUT2D eigenvalue weighted by Gasteiger charge is -2.29. The van der Waals surface area contributed by atoms with Gasteiger partial charge in [-0.3, -0.25) is 19.3 Å². The number of hydrogen-bond acceptors (Lipinski definition) is 3. The molecule has 0 unspecified atom stereocenters. The summed E-state index contributed by atoms with van der Waals surface area (Å²) in [6.45, 7) is 11.1. The van der Waals surface area contributed by atoms with Crippen LogP contribution < -0.4 is 5.32 Å². The maximum Gasteiger partial charge on any atom is 0.253 e. The van der Waals surface area contributed by atoms with Crippen molar-refractivity contribution in [3.05, 3.63) is 12.2 Å². The minimum Gasteiger partial charge on any atom is -0.356 e. The smallest absolute Gasteiger partial charge is 0.253 e. The molecular formula is C18H32N2O3. The van der Waals surface area contributed by atoms with E-state index in [1.54, 1.807) is 0 Å². The van der Waals surface area contributed by atoms with Gasteiger partial charge in [0.2, 0.25) is 5.91 Å². The number of nitrogens with zero attached hydrogens (tertiary/aromatic N) is 1. The van der Waals surface area contributed by atoms with Gasteiger partial charge in [-0.05, 0) is 38.5 Å². The molecule has 1 saturated carbocycles. The summed E-state index contributed by atoms with van der Waals surface area (Å²) >= 11 is 0. The molecule has 0 bridgehead atoms. The molecule has 0 saturated heterocycles. The summed E-state index contributed by atoms with van der Waals surface area (Å²) in [7, 11) is 0. The molecule has 1 N–H and O–H groups in total. The Morgan fingerprint density at radius 1 is 1.04 bits per heavy atom. The average Bonchev–Trinajstić information content (AvgIpc) is 2.91. The number of carbonyl (C=O) groups excluding carboxylic acids is 3. The lowest BCUT2D eigenvalue weighted by atomic mass is 9.81. The lowest BCUT2D eigenvalue weighted by molar-refractivity contribution is -0.138. The van der Waals surface area contributed by atoms with Crippen molar-refractivity contribution in [2.75, 3.05) is 13.1 Å². The van der Waals surface area contributed by atoms with Gasteiger partial charge in [0.15, 0.2) is 0 Å². The molecule has 3 amide bonds. The van der Waals surface area contributed by atoms with Crippen molar-refractivity contribution < 1.29 is 14.4 Å². The minimum atomic E-state index is -0.212. The average molecular weight is 324 g/mol. The van der Waals surface area contributed by atoms with E-state index in [0.29, 0.717) is 19.0 Å². The number of amides is 3. The van der Waals surface area contributed by atoms with Crippen molar-refractivity contribution in [2.45, 2.75) is 60.3 Å². The molecule has 23 heavy (non-hydrogen) atoms. The first-order chi connectivity index (χ1) is 11.1. The monoisotopic (exact) mass is 324 g/mol. The van der Waals surface area contributed by atoms with E-state index in [0.717, 1.165) is 25.7 Å². The SMILES string of the molecule is CC.CC.CCNC(=O)C1CCC(CN2C(=O)C=CC2=O)CC1. The van der Waals surface area contributed by atoms with Crippen LogP contribution in [0.5, 0.6) is 0 Å². The third-order valence-electron chi connectivity index (χ3n) is 3.91. The molecule has 5 nitrogen and oxygen atoms in total. The Morgan fingerprint density at radius 3 is 1.96 bits per heavy atom. The van der Waals surface area contributed by atoms with E-state index in [9.17, 15) is 14.4 Å². The second-order valence-corrected chi connectivity index (χ2v) is 5.23. The third kappa shape index (κ3) is 6.55. The van der Waals surface area contributed by atoms with Crippen LogP contribution in [0.15, 0.2) is 12.2 Å². The Bertz CT molecular complexity index is 392. The maximum atomic E-state index is 11.7. The summed E-state index contributed by atoms with van der Waals surface area (Å²) in [5, 5.41) is 2.85. The van der Waals surface area contributed by atoms with Gasteiger partial charge in [0, 0.05) is 31.2 Å². The van der Waals surface area contributed by atoms with Crippen molar-refractivity contribution in [2.24, 2.45) is 11.8 Å². The Hall–Kier alpha value is -1.65. The van der Waals surface area contributed by atoms with Crippen LogP contribution in [-0.2, 0) is 14.4 Å². The van der Waals surface area contributed by atoms with Crippen LogP contribution in [0.1, 0.15) is 60.3 Å². The molecule has 2 rings (SSSR count). The summed E-state index contributed by atoms with van der Waals surface area (Å²) in [6.07, 6.45) is 6.14. The quantitative estimate of drug-likeness (QED) is 0.809. The van der Waals surface area contributed by atoms with Gasteiger partial charge >= 0.3 is 0 Å². The topological polar surface area (TPSA) is 66.5 Å². The van der Waals surface area contributed by atoms with Crippen LogP contribution in [0.4, 0.5) is 0 Å². The number of imide groups is 1. The van der Waals surface area contributed by atoms with Crippen molar-refractivity contribution in [3.63, 3.8) is 0 Å². The van der Waals surface area contributed by atoms with Crippen molar-refractivity contribution in [3.8, 4) is 0 Å². The Labute approximate surface area is 140 Å². The van der Waals surface area contributed by atoms with E-state index in [1.807, 2.05) is 34.6 Å². The second-order valence-electron chi connectivity index (χ2n) is 5.23. The van der Waals surface area contributed by atoms with Crippen LogP contribution in [0.25, 0.3) is 0 Å². The standard InChI is InChI=1S/C14H20N2O3.2C2H6/c1-2-15-14(19)11-5-3-10(4-6-11)9-16-12(17)7-8-13(16)18;2*1-2/h7-8,10-11H,2-6,9H2,1H3,(H,15,19);2*1-2H3. The molecule has 1 fully saturated rings. The van der Waals surface area contributed by atoms with E-state index in [-0.39, 0.29) is 23.6 Å². The highest BCUT2D eigenvalue weighted by molar-refractivity contribution is 6.12. The summed E-state index contributed by atoms with van der Waals surface area (Å²) in [5.41, 5.74) is 0. The van der Waals surface area contributed by atoms with Crippen LogP contribution >= 0.6 is 0 Å². The first-order valence-corrected chi connectivity index (χ1v) is 8.93. The molecule has 1 heterocycles. The van der Waals surface area contributed by atoms with Gasteiger partial charge in [0.1, 0.15) is 0 Å². The van der Waals surface area contributed by atoms with Gasteiger partial charge in [-0.15, -0.1) is 0 Å². The maximum absolute atomic E-state index is 11.7. The predicted molar refractivity (Wildman–Crippen MR) is 92.7 cm³/mol. The van der Waals surface area contributed by atoms with E-state index in [2.05, 4.69) is 5.32 Å².